The molecular weight excluding hydrogens is 472 g/mol. The fraction of sp³-hybridized carbons (Fsp3) is 0.517. The van der Waals surface area contributed by atoms with Crippen molar-refractivity contribution in [2.24, 2.45) is 0 Å². The van der Waals surface area contributed by atoms with Gasteiger partial charge in [-0.3, -0.25) is 9.59 Å². The van der Waals surface area contributed by atoms with Crippen molar-refractivity contribution in [1.29, 1.82) is 0 Å². The Morgan fingerprint density at radius 1 is 0.919 bits per heavy atom. The first-order valence-corrected chi connectivity index (χ1v) is 13.1. The van der Waals surface area contributed by atoms with Crippen LogP contribution in [0.3, 0.4) is 0 Å². The maximum absolute atomic E-state index is 12.8. The number of likely N-dealkylation sites (tertiary alicyclic amines) is 1. The summed E-state index contributed by atoms with van der Waals surface area (Å²) in [5.41, 5.74) is 1.38. The van der Waals surface area contributed by atoms with Crippen LogP contribution < -0.4 is 14.8 Å². The lowest BCUT2D eigenvalue weighted by molar-refractivity contribution is -0.123. The molecular formula is C29H40N2O6. The number of ketones is 1. The van der Waals surface area contributed by atoms with Gasteiger partial charge in [-0.2, -0.15) is 0 Å². The Balaban J connectivity index is 1.49. The number of Topliss-reactive ketones (excluding diaryl/α,β-unsaturated/α-hetero) is 1. The maximum Gasteiger partial charge on any atom is 0.220 e. The lowest BCUT2D eigenvalue weighted by Crippen LogP contribution is -2.46. The second kappa shape index (κ2) is 15.3. The van der Waals surface area contributed by atoms with Gasteiger partial charge in [0.1, 0.15) is 24.2 Å². The van der Waals surface area contributed by atoms with Crippen LogP contribution in [0.4, 0.5) is 0 Å². The Morgan fingerprint density at radius 3 is 2.22 bits per heavy atom. The molecule has 0 aromatic heterocycles. The molecule has 202 valence electrons. The number of methoxy groups -OCH3 is 2. The van der Waals surface area contributed by atoms with Crippen molar-refractivity contribution in [1.82, 2.24) is 10.2 Å². The number of hydrogen-bond donors (Lipinski definition) is 2. The highest BCUT2D eigenvalue weighted by atomic mass is 16.5. The van der Waals surface area contributed by atoms with Crippen molar-refractivity contribution in [2.75, 3.05) is 47.1 Å². The molecule has 37 heavy (non-hydrogen) atoms. The van der Waals surface area contributed by atoms with Crippen molar-refractivity contribution < 1.29 is 28.9 Å². The molecule has 1 aliphatic heterocycles. The molecule has 2 aromatic rings. The summed E-state index contributed by atoms with van der Waals surface area (Å²) in [6, 6.07) is 14.0. The number of aliphatic hydroxyl groups is 1. The molecule has 1 fully saturated rings. The first kappa shape index (κ1) is 28.6. The van der Waals surface area contributed by atoms with Crippen molar-refractivity contribution >= 4 is 11.7 Å². The molecule has 0 radical (unpaired) electrons. The SMILES string of the molecule is COCCOc1ccc(C(O)C(CN2CCCC2)NC(=O)CCCCC(=O)c2ccc(OC)cc2)cc1. The smallest absolute Gasteiger partial charge is 0.220 e. The minimum atomic E-state index is -0.839. The molecule has 0 bridgehead atoms. The van der Waals surface area contributed by atoms with Crippen LogP contribution in [0, 0.1) is 0 Å². The first-order valence-electron chi connectivity index (χ1n) is 13.1. The summed E-state index contributed by atoms with van der Waals surface area (Å²) in [7, 11) is 3.21. The van der Waals surface area contributed by atoms with Gasteiger partial charge in [-0.1, -0.05) is 12.1 Å². The molecule has 0 saturated carbocycles. The number of unbranched alkanes of at least 4 members (excludes halogenated alkanes) is 1. The zero-order chi connectivity index (χ0) is 26.5. The van der Waals surface area contributed by atoms with E-state index in [2.05, 4.69) is 10.2 Å². The lowest BCUT2D eigenvalue weighted by atomic mass is 10.0. The summed E-state index contributed by atoms with van der Waals surface area (Å²) in [6.45, 7) is 3.49. The van der Waals surface area contributed by atoms with Crippen molar-refractivity contribution in [3.05, 3.63) is 59.7 Å². The Bertz CT molecular complexity index is 957. The molecule has 2 aromatic carbocycles. The molecule has 1 saturated heterocycles. The normalized spacial score (nSPS) is 15.2. The number of carbonyl (C=O) groups is 2. The minimum Gasteiger partial charge on any atom is -0.497 e. The molecule has 2 atom stereocenters. The van der Waals surface area contributed by atoms with E-state index in [1.807, 2.05) is 24.3 Å². The van der Waals surface area contributed by atoms with E-state index in [4.69, 9.17) is 14.2 Å². The number of nitrogens with zero attached hydrogens (tertiary/aromatic N) is 1. The lowest BCUT2D eigenvalue weighted by Gasteiger charge is -2.29. The third-order valence-corrected chi connectivity index (χ3v) is 6.63. The summed E-state index contributed by atoms with van der Waals surface area (Å²) in [5, 5.41) is 14.2. The van der Waals surface area contributed by atoms with E-state index >= 15 is 0 Å². The van der Waals surface area contributed by atoms with Gasteiger partial charge >= 0.3 is 0 Å². The molecule has 8 nitrogen and oxygen atoms in total. The van der Waals surface area contributed by atoms with Gasteiger partial charge in [0.25, 0.3) is 0 Å². The van der Waals surface area contributed by atoms with E-state index in [1.54, 1.807) is 38.5 Å². The van der Waals surface area contributed by atoms with E-state index in [0.717, 1.165) is 31.5 Å². The highest BCUT2D eigenvalue weighted by Gasteiger charge is 2.26. The number of carbonyl (C=O) groups excluding carboxylic acids is 2. The Morgan fingerprint density at radius 2 is 1.57 bits per heavy atom. The number of aliphatic hydroxyl groups excluding tert-OH is 1. The summed E-state index contributed by atoms with van der Waals surface area (Å²) < 4.78 is 15.7. The van der Waals surface area contributed by atoms with Gasteiger partial charge in [-0.25, -0.2) is 0 Å². The topological polar surface area (TPSA) is 97.3 Å². The predicted molar refractivity (Wildman–Crippen MR) is 142 cm³/mol. The number of nitrogens with one attached hydrogen (secondary N) is 1. The second-order valence-electron chi connectivity index (χ2n) is 9.40. The van der Waals surface area contributed by atoms with Gasteiger partial charge in [0.05, 0.1) is 19.8 Å². The third kappa shape index (κ3) is 9.46. The van der Waals surface area contributed by atoms with Crippen LogP contribution >= 0.6 is 0 Å². The van der Waals surface area contributed by atoms with Gasteiger partial charge in [-0.05, 0) is 80.7 Å². The van der Waals surface area contributed by atoms with Gasteiger partial charge in [0, 0.05) is 32.1 Å². The van der Waals surface area contributed by atoms with Crippen LogP contribution in [-0.2, 0) is 9.53 Å². The van der Waals surface area contributed by atoms with Gasteiger partial charge < -0.3 is 29.5 Å². The Labute approximate surface area is 219 Å². The third-order valence-electron chi connectivity index (χ3n) is 6.63. The molecule has 1 heterocycles. The molecule has 0 spiro atoms. The van der Waals surface area contributed by atoms with E-state index < -0.39 is 12.1 Å². The van der Waals surface area contributed by atoms with Gasteiger partial charge in [0.15, 0.2) is 5.78 Å². The highest BCUT2D eigenvalue weighted by Crippen LogP contribution is 2.23. The van der Waals surface area contributed by atoms with Crippen molar-refractivity contribution in [3.8, 4) is 11.5 Å². The average molecular weight is 513 g/mol. The number of amides is 1. The van der Waals surface area contributed by atoms with Crippen LogP contribution in [0.25, 0.3) is 0 Å². The predicted octanol–water partition coefficient (Wildman–Crippen LogP) is 3.78. The van der Waals surface area contributed by atoms with Crippen LogP contribution in [-0.4, -0.2) is 74.8 Å². The number of rotatable bonds is 16. The van der Waals surface area contributed by atoms with E-state index in [-0.39, 0.29) is 11.7 Å². The molecule has 1 amide bonds. The Kier molecular flexibility index (Phi) is 11.9. The minimum absolute atomic E-state index is 0.0556. The zero-order valence-corrected chi connectivity index (χ0v) is 22.0. The van der Waals surface area contributed by atoms with Crippen LogP contribution in [0.2, 0.25) is 0 Å². The van der Waals surface area contributed by atoms with Gasteiger partial charge in [-0.15, -0.1) is 0 Å². The molecule has 1 aliphatic rings. The maximum atomic E-state index is 12.8. The molecule has 0 aliphatic carbocycles. The summed E-state index contributed by atoms with van der Waals surface area (Å²) >= 11 is 0. The van der Waals surface area contributed by atoms with Gasteiger partial charge in [0.2, 0.25) is 5.91 Å². The first-order chi connectivity index (χ1) is 18.0. The summed E-state index contributed by atoms with van der Waals surface area (Å²) in [4.78, 5) is 27.5. The highest BCUT2D eigenvalue weighted by molar-refractivity contribution is 5.96. The number of benzene rings is 2. The Hall–Kier alpha value is -2.94. The van der Waals surface area contributed by atoms with E-state index in [1.165, 1.54) is 0 Å². The fourth-order valence-electron chi connectivity index (χ4n) is 4.48. The van der Waals surface area contributed by atoms with Crippen LogP contribution in [0.15, 0.2) is 48.5 Å². The van der Waals surface area contributed by atoms with Crippen LogP contribution in [0.1, 0.15) is 60.6 Å². The van der Waals surface area contributed by atoms with E-state index in [0.29, 0.717) is 62.5 Å². The summed E-state index contributed by atoms with van der Waals surface area (Å²) in [6.07, 6.45) is 3.35. The molecule has 2 unspecified atom stereocenters. The monoisotopic (exact) mass is 512 g/mol. The quantitative estimate of drug-likeness (QED) is 0.261. The molecule has 2 N–H and O–H groups in total. The zero-order valence-electron chi connectivity index (χ0n) is 22.0. The average Bonchev–Trinajstić information content (AvgIpc) is 3.44. The largest absolute Gasteiger partial charge is 0.497 e. The molecule has 3 rings (SSSR count). The van der Waals surface area contributed by atoms with E-state index in [9.17, 15) is 14.7 Å². The second-order valence-corrected chi connectivity index (χ2v) is 9.40. The standard InChI is InChI=1S/C29H40N2O6/c1-35-19-20-37-25-15-11-23(12-16-25)29(34)26(21-31-17-5-6-18-31)30-28(33)8-4-3-7-27(32)22-9-13-24(36-2)14-10-22/h9-16,26,29,34H,3-8,17-21H2,1-2H3,(H,30,33). The number of hydrogen-bond acceptors (Lipinski definition) is 7. The van der Waals surface area contributed by atoms with Crippen molar-refractivity contribution in [2.45, 2.75) is 50.7 Å². The number of ether oxygens (including phenoxy) is 3. The summed E-state index contributed by atoms with van der Waals surface area (Å²) in [5.74, 6) is 1.36. The fourth-order valence-corrected chi connectivity index (χ4v) is 4.48. The molecule has 8 heteroatoms. The van der Waals surface area contributed by atoms with Crippen LogP contribution in [0.5, 0.6) is 11.5 Å². The van der Waals surface area contributed by atoms with Crippen molar-refractivity contribution in [3.63, 3.8) is 0 Å².